The number of nitrogens with zero attached hydrogens (tertiary/aromatic N) is 1. The second-order valence-electron chi connectivity index (χ2n) is 5.58. The highest BCUT2D eigenvalue weighted by atomic mass is 35.5. The Morgan fingerprint density at radius 2 is 1.88 bits per heavy atom. The van der Waals surface area contributed by atoms with Crippen LogP contribution in [0.2, 0.25) is 10.0 Å². The Bertz CT molecular complexity index is 643. The predicted octanol–water partition coefficient (Wildman–Crippen LogP) is 1.71. The number of piperidine rings is 1. The largest absolute Gasteiger partial charge is 0.359 e. The van der Waals surface area contributed by atoms with E-state index in [-0.39, 0.29) is 34.9 Å². The van der Waals surface area contributed by atoms with Gasteiger partial charge in [-0.2, -0.15) is 0 Å². The molecule has 0 spiro atoms. The number of carbonyl (C=O) groups excluding carboxylic acids is 3. The summed E-state index contributed by atoms with van der Waals surface area (Å²) in [5.41, 5.74) is 0.271. The smallest absolute Gasteiger partial charge is 0.253 e. The summed E-state index contributed by atoms with van der Waals surface area (Å²) in [4.78, 5) is 37.5. The van der Waals surface area contributed by atoms with Crippen LogP contribution in [-0.4, -0.2) is 49.3 Å². The number of hydrogen-bond acceptors (Lipinski definition) is 3. The normalized spacial score (nSPS) is 15.0. The zero-order valence-electron chi connectivity index (χ0n) is 13.3. The quantitative estimate of drug-likeness (QED) is 0.845. The summed E-state index contributed by atoms with van der Waals surface area (Å²) in [6.07, 6.45) is 1.25. The fourth-order valence-electron chi connectivity index (χ4n) is 2.63. The van der Waals surface area contributed by atoms with Crippen molar-refractivity contribution in [3.8, 4) is 0 Å². The molecule has 1 heterocycles. The first-order valence-electron chi connectivity index (χ1n) is 7.65. The monoisotopic (exact) mass is 371 g/mol. The second kappa shape index (κ2) is 8.35. The maximum absolute atomic E-state index is 12.2. The van der Waals surface area contributed by atoms with Gasteiger partial charge in [0.05, 0.1) is 17.1 Å². The summed E-state index contributed by atoms with van der Waals surface area (Å²) in [6, 6.07) is 4.55. The molecule has 1 saturated heterocycles. The fourth-order valence-corrected chi connectivity index (χ4v) is 3.13. The van der Waals surface area contributed by atoms with E-state index in [0.717, 1.165) is 0 Å². The highest BCUT2D eigenvalue weighted by Crippen LogP contribution is 2.21. The van der Waals surface area contributed by atoms with Crippen LogP contribution in [0.1, 0.15) is 23.2 Å². The lowest BCUT2D eigenvalue weighted by Crippen LogP contribution is -2.46. The molecule has 2 rings (SSSR count). The fraction of sp³-hybridized carbons (Fsp3) is 0.438. The number of hydrogen-bond donors (Lipinski definition) is 2. The van der Waals surface area contributed by atoms with Crippen LogP contribution in [0, 0.1) is 5.92 Å². The van der Waals surface area contributed by atoms with Gasteiger partial charge in [0.25, 0.3) is 5.91 Å². The van der Waals surface area contributed by atoms with Gasteiger partial charge in [0.15, 0.2) is 0 Å². The van der Waals surface area contributed by atoms with Crippen LogP contribution in [0.3, 0.4) is 0 Å². The van der Waals surface area contributed by atoms with E-state index in [1.807, 2.05) is 0 Å². The van der Waals surface area contributed by atoms with Crippen molar-refractivity contribution < 1.29 is 14.4 Å². The summed E-state index contributed by atoms with van der Waals surface area (Å²) in [6.45, 7) is 0.908. The Balaban J connectivity index is 1.83. The number of rotatable bonds is 4. The van der Waals surface area contributed by atoms with Crippen molar-refractivity contribution in [2.45, 2.75) is 12.8 Å². The SMILES string of the molecule is CNC(=O)C1CCN(C(=O)CNC(=O)c2ccc(Cl)cc2Cl)CC1. The lowest BCUT2D eigenvalue weighted by molar-refractivity contribution is -0.134. The average molecular weight is 372 g/mol. The van der Waals surface area contributed by atoms with Gasteiger partial charge in [-0.15, -0.1) is 0 Å². The zero-order chi connectivity index (χ0) is 17.7. The average Bonchev–Trinajstić information content (AvgIpc) is 2.58. The Morgan fingerprint density at radius 1 is 1.21 bits per heavy atom. The summed E-state index contributed by atoms with van der Waals surface area (Å²) in [7, 11) is 1.61. The van der Waals surface area contributed by atoms with Gasteiger partial charge in [-0.1, -0.05) is 23.2 Å². The molecule has 0 unspecified atom stereocenters. The Morgan fingerprint density at radius 3 is 2.46 bits per heavy atom. The van der Waals surface area contributed by atoms with Crippen LogP contribution < -0.4 is 10.6 Å². The van der Waals surface area contributed by atoms with E-state index < -0.39 is 5.91 Å². The van der Waals surface area contributed by atoms with Crippen molar-refractivity contribution in [2.24, 2.45) is 5.92 Å². The lowest BCUT2D eigenvalue weighted by atomic mass is 9.96. The molecule has 1 fully saturated rings. The highest BCUT2D eigenvalue weighted by Gasteiger charge is 2.26. The molecule has 1 aromatic carbocycles. The van der Waals surface area contributed by atoms with Gasteiger partial charge in [0.2, 0.25) is 11.8 Å². The molecule has 1 aliphatic rings. The molecule has 8 heteroatoms. The third kappa shape index (κ3) is 4.61. The molecule has 0 aliphatic carbocycles. The van der Waals surface area contributed by atoms with Gasteiger partial charge in [-0.3, -0.25) is 14.4 Å². The zero-order valence-corrected chi connectivity index (χ0v) is 14.8. The van der Waals surface area contributed by atoms with Crippen LogP contribution >= 0.6 is 23.2 Å². The Kier molecular flexibility index (Phi) is 6.45. The summed E-state index contributed by atoms with van der Waals surface area (Å²) in [5.74, 6) is -0.650. The first kappa shape index (κ1) is 18.5. The van der Waals surface area contributed by atoms with Crippen LogP contribution in [0.25, 0.3) is 0 Å². The van der Waals surface area contributed by atoms with Crippen LogP contribution in [0.15, 0.2) is 18.2 Å². The minimum atomic E-state index is -0.426. The van der Waals surface area contributed by atoms with E-state index in [2.05, 4.69) is 10.6 Å². The van der Waals surface area contributed by atoms with Crippen LogP contribution in [-0.2, 0) is 9.59 Å². The van der Waals surface area contributed by atoms with Crippen molar-refractivity contribution in [2.75, 3.05) is 26.7 Å². The van der Waals surface area contributed by atoms with Gasteiger partial charge in [-0.25, -0.2) is 0 Å². The van der Waals surface area contributed by atoms with Crippen molar-refractivity contribution >= 4 is 40.9 Å². The number of likely N-dealkylation sites (tertiary alicyclic amines) is 1. The molecule has 130 valence electrons. The van der Waals surface area contributed by atoms with Gasteiger partial charge in [0.1, 0.15) is 0 Å². The van der Waals surface area contributed by atoms with Gasteiger partial charge in [0, 0.05) is 31.1 Å². The summed E-state index contributed by atoms with van der Waals surface area (Å²) >= 11 is 11.8. The predicted molar refractivity (Wildman–Crippen MR) is 92.2 cm³/mol. The molecule has 24 heavy (non-hydrogen) atoms. The summed E-state index contributed by atoms with van der Waals surface area (Å²) in [5, 5.41) is 5.86. The topological polar surface area (TPSA) is 78.5 Å². The molecule has 2 N–H and O–H groups in total. The standard InChI is InChI=1S/C16H19Cl2N3O3/c1-19-15(23)10-4-6-21(7-5-10)14(22)9-20-16(24)12-3-2-11(17)8-13(12)18/h2-3,8,10H,4-7,9H2,1H3,(H,19,23)(H,20,24). The van der Waals surface area contributed by atoms with E-state index >= 15 is 0 Å². The molecule has 0 radical (unpaired) electrons. The van der Waals surface area contributed by atoms with E-state index in [4.69, 9.17) is 23.2 Å². The molecule has 1 aromatic rings. The van der Waals surface area contributed by atoms with E-state index in [0.29, 0.717) is 31.0 Å². The maximum atomic E-state index is 12.2. The molecule has 0 atom stereocenters. The molecule has 0 aromatic heterocycles. The first-order valence-corrected chi connectivity index (χ1v) is 8.40. The van der Waals surface area contributed by atoms with Crippen LogP contribution in [0.5, 0.6) is 0 Å². The Hall–Kier alpha value is -1.79. The number of benzene rings is 1. The number of halogens is 2. The van der Waals surface area contributed by atoms with Crippen LogP contribution in [0.4, 0.5) is 0 Å². The second-order valence-corrected chi connectivity index (χ2v) is 6.42. The first-order chi connectivity index (χ1) is 11.4. The van der Waals surface area contributed by atoms with E-state index in [1.165, 1.54) is 12.1 Å². The van der Waals surface area contributed by atoms with E-state index in [1.54, 1.807) is 18.0 Å². The third-order valence-electron chi connectivity index (χ3n) is 4.04. The minimum absolute atomic E-state index is 0.00721. The highest BCUT2D eigenvalue weighted by molar-refractivity contribution is 6.36. The molecular weight excluding hydrogens is 353 g/mol. The maximum Gasteiger partial charge on any atom is 0.253 e. The minimum Gasteiger partial charge on any atom is -0.359 e. The molecule has 0 saturated carbocycles. The van der Waals surface area contributed by atoms with Crippen molar-refractivity contribution in [1.29, 1.82) is 0 Å². The molecule has 6 nitrogen and oxygen atoms in total. The van der Waals surface area contributed by atoms with Gasteiger partial charge >= 0.3 is 0 Å². The van der Waals surface area contributed by atoms with E-state index in [9.17, 15) is 14.4 Å². The van der Waals surface area contributed by atoms with Gasteiger partial charge < -0.3 is 15.5 Å². The molecule has 3 amide bonds. The summed E-state index contributed by atoms with van der Waals surface area (Å²) < 4.78 is 0. The molecule has 1 aliphatic heterocycles. The van der Waals surface area contributed by atoms with Gasteiger partial charge in [-0.05, 0) is 31.0 Å². The van der Waals surface area contributed by atoms with Crippen molar-refractivity contribution in [3.63, 3.8) is 0 Å². The number of carbonyl (C=O) groups is 3. The number of amides is 3. The molecule has 0 bridgehead atoms. The lowest BCUT2D eigenvalue weighted by Gasteiger charge is -2.31. The molecular formula is C16H19Cl2N3O3. The number of nitrogens with one attached hydrogen (secondary N) is 2. The van der Waals surface area contributed by atoms with Crippen molar-refractivity contribution in [3.05, 3.63) is 33.8 Å². The third-order valence-corrected chi connectivity index (χ3v) is 4.59. The Labute approximate surface area is 150 Å². The van der Waals surface area contributed by atoms with Crippen molar-refractivity contribution in [1.82, 2.24) is 15.5 Å².